The van der Waals surface area contributed by atoms with Gasteiger partial charge in [0.05, 0.1) is 19.2 Å². The molecule has 108 valence electrons. The second kappa shape index (κ2) is 5.35. The molecule has 0 atom stereocenters. The van der Waals surface area contributed by atoms with Gasteiger partial charge in [-0.1, -0.05) is 0 Å². The van der Waals surface area contributed by atoms with Crippen LogP contribution in [0.1, 0.15) is 11.5 Å². The Morgan fingerprint density at radius 1 is 1.38 bits per heavy atom. The molecule has 0 aliphatic rings. The molecule has 0 N–H and O–H groups in total. The molecule has 0 bridgehead atoms. The summed E-state index contributed by atoms with van der Waals surface area (Å²) in [4.78, 5) is 8.20. The van der Waals surface area contributed by atoms with Gasteiger partial charge in [-0.15, -0.1) is 0 Å². The molecule has 3 rings (SSSR count). The van der Waals surface area contributed by atoms with E-state index >= 15 is 0 Å². The van der Waals surface area contributed by atoms with Crippen molar-refractivity contribution < 1.29 is 13.5 Å². The van der Waals surface area contributed by atoms with Gasteiger partial charge in [0.1, 0.15) is 35.7 Å². The first kappa shape index (κ1) is 13.3. The third-order valence-corrected chi connectivity index (χ3v) is 3.08. The van der Waals surface area contributed by atoms with Gasteiger partial charge in [-0.25, -0.2) is 19.0 Å². The van der Waals surface area contributed by atoms with Crippen LogP contribution in [0.25, 0.3) is 11.5 Å². The second-order valence-corrected chi connectivity index (χ2v) is 4.46. The molecule has 3 aromatic rings. The van der Waals surface area contributed by atoms with Crippen molar-refractivity contribution in [2.75, 3.05) is 7.11 Å². The molecular formula is C14H13FN4O2. The number of methoxy groups -OCH3 is 1. The van der Waals surface area contributed by atoms with Crippen molar-refractivity contribution in [1.82, 2.24) is 19.7 Å². The molecule has 2 heterocycles. The number of hydrogen-bond acceptors (Lipinski definition) is 5. The monoisotopic (exact) mass is 288 g/mol. The lowest BCUT2D eigenvalue weighted by molar-refractivity contribution is 0.411. The highest BCUT2D eigenvalue weighted by Crippen LogP contribution is 2.27. The van der Waals surface area contributed by atoms with E-state index in [1.54, 1.807) is 30.1 Å². The van der Waals surface area contributed by atoms with Gasteiger partial charge in [-0.05, 0) is 19.1 Å². The zero-order valence-electron chi connectivity index (χ0n) is 11.6. The maximum atomic E-state index is 14.0. The lowest BCUT2D eigenvalue weighted by Crippen LogP contribution is -2.01. The van der Waals surface area contributed by atoms with Gasteiger partial charge in [0.2, 0.25) is 5.89 Å². The van der Waals surface area contributed by atoms with Gasteiger partial charge in [0.25, 0.3) is 0 Å². The lowest BCUT2D eigenvalue weighted by Gasteiger charge is -2.02. The van der Waals surface area contributed by atoms with E-state index in [9.17, 15) is 4.39 Å². The van der Waals surface area contributed by atoms with E-state index in [2.05, 4.69) is 15.1 Å². The Labute approximate surface area is 120 Å². The Morgan fingerprint density at radius 3 is 2.90 bits per heavy atom. The average Bonchev–Trinajstić information content (AvgIpc) is 3.10. The summed E-state index contributed by atoms with van der Waals surface area (Å²) in [5.74, 6) is 0.865. The highest BCUT2D eigenvalue weighted by atomic mass is 19.1. The summed E-state index contributed by atoms with van der Waals surface area (Å²) in [6.07, 6.45) is 3.03. The minimum Gasteiger partial charge on any atom is -0.497 e. The highest BCUT2D eigenvalue weighted by Gasteiger charge is 2.16. The Balaban J connectivity index is 1.93. The van der Waals surface area contributed by atoms with Crippen LogP contribution in [0, 0.1) is 12.7 Å². The van der Waals surface area contributed by atoms with E-state index in [1.807, 2.05) is 0 Å². The predicted molar refractivity (Wildman–Crippen MR) is 72.3 cm³/mol. The molecule has 0 fully saturated rings. The minimum atomic E-state index is -0.442. The van der Waals surface area contributed by atoms with E-state index in [4.69, 9.17) is 9.15 Å². The van der Waals surface area contributed by atoms with E-state index in [0.717, 1.165) is 0 Å². The maximum Gasteiger partial charge on any atom is 0.229 e. The predicted octanol–water partition coefficient (Wildman–Crippen LogP) is 2.44. The van der Waals surface area contributed by atoms with Crippen LogP contribution in [0.3, 0.4) is 0 Å². The molecule has 0 amide bonds. The topological polar surface area (TPSA) is 66.0 Å². The van der Waals surface area contributed by atoms with E-state index in [-0.39, 0.29) is 5.89 Å². The first-order valence-corrected chi connectivity index (χ1v) is 6.30. The number of aromatic nitrogens is 4. The Hall–Kier alpha value is -2.70. The highest BCUT2D eigenvalue weighted by molar-refractivity contribution is 5.56. The van der Waals surface area contributed by atoms with Gasteiger partial charge in [0.15, 0.2) is 0 Å². The van der Waals surface area contributed by atoms with Crippen LogP contribution in [0.15, 0.2) is 35.3 Å². The van der Waals surface area contributed by atoms with Crippen LogP contribution in [0.4, 0.5) is 4.39 Å². The number of benzene rings is 1. The van der Waals surface area contributed by atoms with Crippen molar-refractivity contribution in [3.63, 3.8) is 0 Å². The molecule has 0 aliphatic heterocycles. The molecular weight excluding hydrogens is 275 g/mol. The summed E-state index contributed by atoms with van der Waals surface area (Å²) >= 11 is 0. The molecule has 0 saturated heterocycles. The molecule has 0 aliphatic carbocycles. The fourth-order valence-electron chi connectivity index (χ4n) is 1.95. The Morgan fingerprint density at radius 2 is 2.24 bits per heavy atom. The van der Waals surface area contributed by atoms with Crippen LogP contribution in [-0.2, 0) is 6.54 Å². The van der Waals surface area contributed by atoms with Gasteiger partial charge in [0, 0.05) is 6.07 Å². The SMILES string of the molecule is COc1ccc(-c2nc(Cn3cncn3)c(C)o2)c(F)c1. The molecule has 21 heavy (non-hydrogen) atoms. The summed E-state index contributed by atoms with van der Waals surface area (Å²) in [6, 6.07) is 4.54. The number of aryl methyl sites for hydroxylation is 1. The van der Waals surface area contributed by atoms with Crippen molar-refractivity contribution in [2.45, 2.75) is 13.5 Å². The largest absolute Gasteiger partial charge is 0.497 e. The number of halogens is 1. The maximum absolute atomic E-state index is 14.0. The standard InChI is InChI=1S/C14H13FN4O2/c1-9-13(6-19-8-16-7-17-19)18-14(21-9)11-4-3-10(20-2)5-12(11)15/h3-5,7-8H,6H2,1-2H3. The number of rotatable bonds is 4. The molecule has 2 aromatic heterocycles. The first-order valence-electron chi connectivity index (χ1n) is 6.30. The molecule has 0 radical (unpaired) electrons. The molecule has 0 spiro atoms. The van der Waals surface area contributed by atoms with Gasteiger partial charge in [-0.3, -0.25) is 0 Å². The first-order chi connectivity index (χ1) is 10.2. The second-order valence-electron chi connectivity index (χ2n) is 4.46. The minimum absolute atomic E-state index is 0.239. The van der Waals surface area contributed by atoms with Gasteiger partial charge in [-0.2, -0.15) is 5.10 Å². The fourth-order valence-corrected chi connectivity index (χ4v) is 1.95. The van der Waals surface area contributed by atoms with Crippen LogP contribution in [-0.4, -0.2) is 26.9 Å². The van der Waals surface area contributed by atoms with Crippen LogP contribution >= 0.6 is 0 Å². The van der Waals surface area contributed by atoms with Crippen LogP contribution in [0.2, 0.25) is 0 Å². The number of ether oxygens (including phenoxy) is 1. The van der Waals surface area contributed by atoms with E-state index in [0.29, 0.717) is 29.3 Å². The van der Waals surface area contributed by atoms with Crippen molar-refractivity contribution >= 4 is 0 Å². The van der Waals surface area contributed by atoms with E-state index < -0.39 is 5.82 Å². The summed E-state index contributed by atoms with van der Waals surface area (Å²) in [5, 5.41) is 4.01. The summed E-state index contributed by atoms with van der Waals surface area (Å²) in [7, 11) is 1.49. The zero-order valence-corrected chi connectivity index (χ0v) is 11.6. The molecule has 1 aromatic carbocycles. The summed E-state index contributed by atoms with van der Waals surface area (Å²) in [5.41, 5.74) is 0.981. The zero-order chi connectivity index (χ0) is 14.8. The van der Waals surface area contributed by atoms with E-state index in [1.165, 1.54) is 19.5 Å². The third kappa shape index (κ3) is 2.62. The molecule has 0 unspecified atom stereocenters. The van der Waals surface area contributed by atoms with Crippen molar-refractivity contribution in [2.24, 2.45) is 0 Å². The Bertz CT molecular complexity index is 752. The normalized spacial score (nSPS) is 10.8. The lowest BCUT2D eigenvalue weighted by atomic mass is 10.2. The number of hydrogen-bond donors (Lipinski definition) is 0. The molecule has 7 heteroatoms. The molecule has 6 nitrogen and oxygen atoms in total. The smallest absolute Gasteiger partial charge is 0.229 e. The summed E-state index contributed by atoms with van der Waals surface area (Å²) in [6.45, 7) is 2.21. The number of nitrogens with zero attached hydrogens (tertiary/aromatic N) is 4. The van der Waals surface area contributed by atoms with Gasteiger partial charge < -0.3 is 9.15 Å². The number of oxazole rings is 1. The summed E-state index contributed by atoms with van der Waals surface area (Å²) < 4.78 is 26.2. The van der Waals surface area contributed by atoms with Crippen molar-refractivity contribution in [1.29, 1.82) is 0 Å². The fraction of sp³-hybridized carbons (Fsp3) is 0.214. The average molecular weight is 288 g/mol. The molecule has 0 saturated carbocycles. The quantitative estimate of drug-likeness (QED) is 0.737. The van der Waals surface area contributed by atoms with Crippen molar-refractivity contribution in [3.8, 4) is 17.2 Å². The van der Waals surface area contributed by atoms with Crippen LogP contribution < -0.4 is 4.74 Å². The van der Waals surface area contributed by atoms with Crippen molar-refractivity contribution in [3.05, 3.63) is 48.1 Å². The van der Waals surface area contributed by atoms with Gasteiger partial charge >= 0.3 is 0 Å². The van der Waals surface area contributed by atoms with Crippen LogP contribution in [0.5, 0.6) is 5.75 Å². The third-order valence-electron chi connectivity index (χ3n) is 3.08. The Kier molecular flexibility index (Phi) is 3.39.